The van der Waals surface area contributed by atoms with Crippen molar-refractivity contribution in [3.8, 4) is 11.1 Å². The Morgan fingerprint density at radius 1 is 0.739 bits per heavy atom. The molecule has 0 aliphatic rings. The molecule has 0 amide bonds. The molecule has 4 aromatic rings. The van der Waals surface area contributed by atoms with Crippen molar-refractivity contribution in [2.45, 2.75) is 10.8 Å². The SMILES string of the molecule is c1ccc(CSc2c(-c3ccccc3)cc3ccccn23)cc1. The number of aromatic nitrogens is 1. The van der Waals surface area contributed by atoms with Crippen molar-refractivity contribution >= 4 is 17.3 Å². The van der Waals surface area contributed by atoms with Crippen molar-refractivity contribution < 1.29 is 0 Å². The van der Waals surface area contributed by atoms with E-state index in [1.54, 1.807) is 0 Å². The lowest BCUT2D eigenvalue weighted by molar-refractivity contribution is 1.05. The van der Waals surface area contributed by atoms with Crippen LogP contribution in [-0.4, -0.2) is 4.40 Å². The van der Waals surface area contributed by atoms with Crippen LogP contribution in [0.3, 0.4) is 0 Å². The number of fused-ring (bicyclic) bond motifs is 1. The molecule has 2 aromatic heterocycles. The third kappa shape index (κ3) is 2.90. The average Bonchev–Trinajstić information content (AvgIpc) is 3.00. The lowest BCUT2D eigenvalue weighted by Gasteiger charge is -2.07. The summed E-state index contributed by atoms with van der Waals surface area (Å²) in [5.41, 5.74) is 5.16. The third-order valence-electron chi connectivity index (χ3n) is 3.94. The monoisotopic (exact) mass is 315 g/mol. The summed E-state index contributed by atoms with van der Waals surface area (Å²) < 4.78 is 2.29. The minimum Gasteiger partial charge on any atom is -0.311 e. The Balaban J connectivity index is 1.77. The van der Waals surface area contributed by atoms with Crippen molar-refractivity contribution in [3.05, 3.63) is 96.7 Å². The fourth-order valence-corrected chi connectivity index (χ4v) is 3.93. The third-order valence-corrected chi connectivity index (χ3v) is 5.10. The first kappa shape index (κ1) is 14.2. The number of pyridine rings is 1. The smallest absolute Gasteiger partial charge is 0.0877 e. The molecule has 2 aromatic carbocycles. The number of hydrogen-bond acceptors (Lipinski definition) is 1. The normalized spacial score (nSPS) is 11.0. The fourth-order valence-electron chi connectivity index (χ4n) is 2.80. The molecular formula is C21H17NS. The van der Waals surface area contributed by atoms with Crippen LogP contribution in [0, 0.1) is 0 Å². The van der Waals surface area contributed by atoms with Crippen molar-refractivity contribution in [1.82, 2.24) is 4.40 Å². The van der Waals surface area contributed by atoms with Gasteiger partial charge in [0.05, 0.1) is 5.03 Å². The highest BCUT2D eigenvalue weighted by atomic mass is 32.2. The molecule has 1 nitrogen and oxygen atoms in total. The lowest BCUT2D eigenvalue weighted by atomic mass is 10.1. The van der Waals surface area contributed by atoms with Gasteiger partial charge in [0.1, 0.15) is 0 Å². The number of rotatable bonds is 4. The van der Waals surface area contributed by atoms with Crippen LogP contribution >= 0.6 is 11.8 Å². The van der Waals surface area contributed by atoms with Gasteiger partial charge < -0.3 is 4.40 Å². The number of benzene rings is 2. The van der Waals surface area contributed by atoms with E-state index in [-0.39, 0.29) is 0 Å². The van der Waals surface area contributed by atoms with Crippen molar-refractivity contribution in [1.29, 1.82) is 0 Å². The van der Waals surface area contributed by atoms with Crippen molar-refractivity contribution in [2.24, 2.45) is 0 Å². The van der Waals surface area contributed by atoms with Gasteiger partial charge in [0.15, 0.2) is 0 Å². The fraction of sp³-hybridized carbons (Fsp3) is 0.0476. The first-order valence-corrected chi connectivity index (χ1v) is 8.72. The zero-order chi connectivity index (χ0) is 15.5. The van der Waals surface area contributed by atoms with Gasteiger partial charge >= 0.3 is 0 Å². The van der Waals surface area contributed by atoms with E-state index in [0.29, 0.717) is 0 Å². The molecule has 0 aliphatic heterocycles. The van der Waals surface area contributed by atoms with Gasteiger partial charge in [0.2, 0.25) is 0 Å². The zero-order valence-corrected chi connectivity index (χ0v) is 13.5. The standard InChI is InChI=1S/C21H17NS/c1-3-9-17(10-4-1)16-23-21-20(18-11-5-2-6-12-18)15-19-13-7-8-14-22(19)21/h1-15H,16H2. The van der Waals surface area contributed by atoms with Gasteiger partial charge in [-0.25, -0.2) is 0 Å². The Morgan fingerprint density at radius 3 is 2.22 bits per heavy atom. The molecule has 0 unspecified atom stereocenters. The molecular weight excluding hydrogens is 298 g/mol. The summed E-state index contributed by atoms with van der Waals surface area (Å²) >= 11 is 1.89. The van der Waals surface area contributed by atoms with E-state index in [1.807, 2.05) is 11.8 Å². The molecule has 2 heteroatoms. The average molecular weight is 315 g/mol. The Kier molecular flexibility index (Phi) is 3.91. The summed E-state index contributed by atoms with van der Waals surface area (Å²) in [6.45, 7) is 0. The van der Waals surface area contributed by atoms with Crippen LogP contribution in [0.1, 0.15) is 5.56 Å². The summed E-state index contributed by atoms with van der Waals surface area (Å²) in [5, 5.41) is 1.30. The van der Waals surface area contributed by atoms with Crippen LogP contribution in [0.5, 0.6) is 0 Å². The van der Waals surface area contributed by atoms with Gasteiger partial charge in [0.25, 0.3) is 0 Å². The zero-order valence-electron chi connectivity index (χ0n) is 12.7. The van der Waals surface area contributed by atoms with E-state index in [4.69, 9.17) is 0 Å². The highest BCUT2D eigenvalue weighted by Crippen LogP contribution is 2.36. The van der Waals surface area contributed by atoms with E-state index in [1.165, 1.54) is 27.2 Å². The van der Waals surface area contributed by atoms with Crippen molar-refractivity contribution in [2.75, 3.05) is 0 Å². The summed E-state index contributed by atoms with van der Waals surface area (Å²) in [6.07, 6.45) is 2.15. The van der Waals surface area contributed by atoms with Crippen LogP contribution < -0.4 is 0 Å². The van der Waals surface area contributed by atoms with Gasteiger partial charge in [-0.05, 0) is 29.3 Å². The second kappa shape index (κ2) is 6.35. The molecule has 0 bridgehead atoms. The Morgan fingerprint density at radius 2 is 1.43 bits per heavy atom. The molecule has 0 radical (unpaired) electrons. The minimum atomic E-state index is 0.974. The molecule has 112 valence electrons. The maximum absolute atomic E-state index is 2.29. The molecule has 0 fully saturated rings. The Labute approximate surface area is 140 Å². The largest absolute Gasteiger partial charge is 0.311 e. The number of thioether (sulfide) groups is 1. The van der Waals surface area contributed by atoms with Crippen LogP contribution in [0.25, 0.3) is 16.6 Å². The van der Waals surface area contributed by atoms with Crippen LogP contribution in [0.15, 0.2) is 96.2 Å². The number of hydrogen-bond donors (Lipinski definition) is 0. The van der Waals surface area contributed by atoms with E-state index >= 15 is 0 Å². The summed E-state index contributed by atoms with van der Waals surface area (Å²) in [7, 11) is 0. The van der Waals surface area contributed by atoms with Gasteiger partial charge in [-0.3, -0.25) is 0 Å². The van der Waals surface area contributed by atoms with Crippen molar-refractivity contribution in [3.63, 3.8) is 0 Å². The summed E-state index contributed by atoms with van der Waals surface area (Å²) in [5.74, 6) is 0.974. The van der Waals surface area contributed by atoms with Crippen LogP contribution in [-0.2, 0) is 5.75 Å². The van der Waals surface area contributed by atoms with Gasteiger partial charge in [-0.2, -0.15) is 0 Å². The highest BCUT2D eigenvalue weighted by molar-refractivity contribution is 7.98. The minimum absolute atomic E-state index is 0.974. The lowest BCUT2D eigenvalue weighted by Crippen LogP contribution is -1.88. The molecule has 0 N–H and O–H groups in total. The maximum atomic E-state index is 2.29. The Hall–Kier alpha value is -2.45. The second-order valence-corrected chi connectivity index (χ2v) is 6.46. The summed E-state index contributed by atoms with van der Waals surface area (Å²) in [6, 6.07) is 29.9. The molecule has 0 saturated carbocycles. The molecule has 0 spiro atoms. The van der Waals surface area contributed by atoms with Crippen LogP contribution in [0.4, 0.5) is 0 Å². The predicted molar refractivity (Wildman–Crippen MR) is 98.8 cm³/mol. The highest BCUT2D eigenvalue weighted by Gasteiger charge is 2.12. The molecule has 0 aliphatic carbocycles. The first-order valence-electron chi connectivity index (χ1n) is 7.74. The molecule has 2 heterocycles. The van der Waals surface area contributed by atoms with E-state index < -0.39 is 0 Å². The van der Waals surface area contributed by atoms with E-state index in [2.05, 4.69) is 95.5 Å². The summed E-state index contributed by atoms with van der Waals surface area (Å²) in [4.78, 5) is 0. The molecule has 0 atom stereocenters. The van der Waals surface area contributed by atoms with Gasteiger partial charge in [-0.1, -0.05) is 66.7 Å². The van der Waals surface area contributed by atoms with Gasteiger partial charge in [0, 0.05) is 23.0 Å². The van der Waals surface area contributed by atoms with Crippen LogP contribution in [0.2, 0.25) is 0 Å². The second-order valence-electron chi connectivity index (χ2n) is 5.50. The Bertz CT molecular complexity index is 910. The molecule has 23 heavy (non-hydrogen) atoms. The van der Waals surface area contributed by atoms with E-state index in [9.17, 15) is 0 Å². The molecule has 0 saturated heterocycles. The number of nitrogens with zero attached hydrogens (tertiary/aromatic N) is 1. The van der Waals surface area contributed by atoms with Gasteiger partial charge in [-0.15, -0.1) is 11.8 Å². The molecule has 4 rings (SSSR count). The first-order chi connectivity index (χ1) is 11.4. The predicted octanol–water partition coefficient (Wildman–Crippen LogP) is 5.90. The quantitative estimate of drug-likeness (QED) is 0.424. The topological polar surface area (TPSA) is 4.41 Å². The van der Waals surface area contributed by atoms with E-state index in [0.717, 1.165) is 5.75 Å². The maximum Gasteiger partial charge on any atom is 0.0877 e.